The Morgan fingerprint density at radius 2 is 1.81 bits per heavy atom. The van der Waals surface area contributed by atoms with Crippen molar-refractivity contribution >= 4 is 11.9 Å². The monoisotopic (exact) mass is 298 g/mol. The van der Waals surface area contributed by atoms with Crippen molar-refractivity contribution in [1.29, 1.82) is 0 Å². The third-order valence-electron chi connectivity index (χ3n) is 3.52. The smallest absolute Gasteiger partial charge is 0.374 e. The average Bonchev–Trinajstić information content (AvgIpc) is 2.78. The number of hydrogen-bond acceptors (Lipinski definition) is 5. The van der Waals surface area contributed by atoms with E-state index in [4.69, 9.17) is 14.2 Å². The highest BCUT2D eigenvalue weighted by Gasteiger charge is 2.39. The molecule has 0 saturated heterocycles. The molecule has 1 unspecified atom stereocenters. The highest BCUT2D eigenvalue weighted by atomic mass is 16.6. The molecule has 1 heterocycles. The molecule has 0 fully saturated rings. The summed E-state index contributed by atoms with van der Waals surface area (Å²) in [4.78, 5) is 23.6. The minimum absolute atomic E-state index is 0.00978. The Balaban J connectivity index is 2.54. The van der Waals surface area contributed by atoms with Crippen LogP contribution >= 0.6 is 0 Å². The molecule has 1 aliphatic rings. The Morgan fingerprint density at radius 3 is 2.43 bits per heavy atom. The van der Waals surface area contributed by atoms with Crippen LogP contribution in [0.2, 0.25) is 0 Å². The summed E-state index contributed by atoms with van der Waals surface area (Å²) >= 11 is 0. The van der Waals surface area contributed by atoms with Crippen molar-refractivity contribution in [2.45, 2.75) is 64.9 Å². The van der Waals surface area contributed by atoms with Crippen LogP contribution < -0.4 is 0 Å². The van der Waals surface area contributed by atoms with Gasteiger partial charge in [-0.15, -0.1) is 0 Å². The number of rotatable bonds is 10. The number of hydrogen-bond donors (Lipinski definition) is 0. The lowest BCUT2D eigenvalue weighted by Crippen LogP contribution is -2.19. The maximum Gasteiger partial charge on any atom is 0.374 e. The maximum absolute atomic E-state index is 12.0. The third kappa shape index (κ3) is 5.06. The molecule has 0 N–H and O–H groups in total. The standard InChI is InChI=1S/C16H26O5/c1-4-6-7-8-9-10-11-12-13(15(17)20-5-2)14(19-3)16(18)21-12/h12H,4-11H2,1-3H3. The van der Waals surface area contributed by atoms with E-state index in [1.165, 1.54) is 32.8 Å². The highest BCUT2D eigenvalue weighted by Crippen LogP contribution is 2.28. The molecule has 1 atom stereocenters. The Bertz CT molecular complexity index is 386. The summed E-state index contributed by atoms with van der Waals surface area (Å²) in [5.41, 5.74) is 0.234. The molecule has 5 heteroatoms. The Labute approximate surface area is 126 Å². The minimum Gasteiger partial charge on any atom is -0.489 e. The molecule has 0 aromatic carbocycles. The molecule has 1 aliphatic heterocycles. The minimum atomic E-state index is -0.573. The molecule has 1 rings (SSSR count). The predicted molar refractivity (Wildman–Crippen MR) is 78.5 cm³/mol. The first-order valence-corrected chi connectivity index (χ1v) is 7.81. The summed E-state index contributed by atoms with van der Waals surface area (Å²) in [7, 11) is 1.36. The van der Waals surface area contributed by atoms with Gasteiger partial charge >= 0.3 is 11.9 Å². The van der Waals surface area contributed by atoms with Crippen LogP contribution in [0.4, 0.5) is 0 Å². The van der Waals surface area contributed by atoms with Crippen molar-refractivity contribution in [1.82, 2.24) is 0 Å². The lowest BCUT2D eigenvalue weighted by molar-refractivity contribution is -0.143. The number of unbranched alkanes of at least 4 members (excludes halogenated alkanes) is 5. The van der Waals surface area contributed by atoms with Gasteiger partial charge in [-0.1, -0.05) is 39.0 Å². The van der Waals surface area contributed by atoms with E-state index in [2.05, 4.69) is 6.92 Å². The molecule has 0 bridgehead atoms. The van der Waals surface area contributed by atoms with E-state index in [0.29, 0.717) is 6.42 Å². The van der Waals surface area contributed by atoms with Crippen LogP contribution in [-0.4, -0.2) is 31.8 Å². The molecule has 0 amide bonds. The van der Waals surface area contributed by atoms with Crippen LogP contribution in [0.3, 0.4) is 0 Å². The molecule has 0 aromatic rings. The van der Waals surface area contributed by atoms with Crippen molar-refractivity contribution in [3.63, 3.8) is 0 Å². The predicted octanol–water partition coefficient (Wildman–Crippen LogP) is 3.13. The van der Waals surface area contributed by atoms with Crippen molar-refractivity contribution in [3.8, 4) is 0 Å². The van der Waals surface area contributed by atoms with E-state index in [1.54, 1.807) is 6.92 Å². The fourth-order valence-electron chi connectivity index (χ4n) is 2.44. The molecule has 0 radical (unpaired) electrons. The fourth-order valence-corrected chi connectivity index (χ4v) is 2.44. The average molecular weight is 298 g/mol. The Kier molecular flexibility index (Phi) is 7.87. The van der Waals surface area contributed by atoms with Crippen molar-refractivity contribution < 1.29 is 23.8 Å². The second-order valence-corrected chi connectivity index (χ2v) is 5.12. The zero-order valence-electron chi connectivity index (χ0n) is 13.3. The first-order chi connectivity index (χ1) is 10.2. The van der Waals surface area contributed by atoms with Gasteiger partial charge in [0.15, 0.2) is 0 Å². The van der Waals surface area contributed by atoms with Gasteiger partial charge in [0.2, 0.25) is 5.76 Å². The summed E-state index contributed by atoms with van der Waals surface area (Å²) < 4.78 is 15.2. The Hall–Kier alpha value is -1.52. The molecular formula is C16H26O5. The third-order valence-corrected chi connectivity index (χ3v) is 3.52. The quantitative estimate of drug-likeness (QED) is 0.458. The molecule has 0 aromatic heterocycles. The lowest BCUT2D eigenvalue weighted by Gasteiger charge is -2.12. The topological polar surface area (TPSA) is 61.8 Å². The van der Waals surface area contributed by atoms with Crippen LogP contribution in [0.15, 0.2) is 11.3 Å². The van der Waals surface area contributed by atoms with Crippen molar-refractivity contribution in [2.75, 3.05) is 13.7 Å². The van der Waals surface area contributed by atoms with Gasteiger partial charge in [0.1, 0.15) is 11.7 Å². The largest absolute Gasteiger partial charge is 0.489 e. The summed E-state index contributed by atoms with van der Waals surface area (Å²) in [6.07, 6.45) is 6.97. The number of carbonyl (C=O) groups excluding carboxylic acids is 2. The Morgan fingerprint density at radius 1 is 1.14 bits per heavy atom. The number of carbonyl (C=O) groups is 2. The second-order valence-electron chi connectivity index (χ2n) is 5.12. The molecule has 21 heavy (non-hydrogen) atoms. The van der Waals surface area contributed by atoms with E-state index in [-0.39, 0.29) is 17.9 Å². The van der Waals surface area contributed by atoms with Crippen LogP contribution in [-0.2, 0) is 23.8 Å². The summed E-state index contributed by atoms with van der Waals surface area (Å²) in [6.45, 7) is 4.17. The van der Waals surface area contributed by atoms with Gasteiger partial charge in [0.25, 0.3) is 0 Å². The molecule has 0 spiro atoms. The molecular weight excluding hydrogens is 272 g/mol. The number of ether oxygens (including phenoxy) is 3. The van der Waals surface area contributed by atoms with Crippen LogP contribution in [0.25, 0.3) is 0 Å². The van der Waals surface area contributed by atoms with E-state index in [1.807, 2.05) is 0 Å². The van der Waals surface area contributed by atoms with Crippen molar-refractivity contribution in [3.05, 3.63) is 11.3 Å². The molecule has 0 saturated carbocycles. The molecule has 0 aliphatic carbocycles. The first-order valence-electron chi connectivity index (χ1n) is 7.81. The van der Waals surface area contributed by atoms with Gasteiger partial charge < -0.3 is 14.2 Å². The van der Waals surface area contributed by atoms with Gasteiger partial charge in [-0.25, -0.2) is 9.59 Å². The normalized spacial score (nSPS) is 17.9. The van der Waals surface area contributed by atoms with Gasteiger partial charge in [0, 0.05) is 0 Å². The van der Waals surface area contributed by atoms with E-state index < -0.39 is 18.0 Å². The molecule has 5 nitrogen and oxygen atoms in total. The van der Waals surface area contributed by atoms with Gasteiger partial charge in [-0.05, 0) is 19.8 Å². The maximum atomic E-state index is 12.0. The SMILES string of the molecule is CCCCCCCCC1OC(=O)C(OC)=C1C(=O)OCC. The number of methoxy groups -OCH3 is 1. The highest BCUT2D eigenvalue weighted by molar-refractivity contribution is 6.02. The van der Waals surface area contributed by atoms with Crippen LogP contribution in [0, 0.1) is 0 Å². The summed E-state index contributed by atoms with van der Waals surface area (Å²) in [6, 6.07) is 0. The van der Waals surface area contributed by atoms with Crippen LogP contribution in [0.1, 0.15) is 58.8 Å². The van der Waals surface area contributed by atoms with Gasteiger partial charge in [0.05, 0.1) is 13.7 Å². The lowest BCUT2D eigenvalue weighted by atomic mass is 10.0. The van der Waals surface area contributed by atoms with E-state index in [9.17, 15) is 9.59 Å². The summed E-state index contributed by atoms with van der Waals surface area (Å²) in [5.74, 6) is -1.10. The van der Waals surface area contributed by atoms with Gasteiger partial charge in [-0.2, -0.15) is 0 Å². The number of cyclic esters (lactones) is 1. The zero-order valence-corrected chi connectivity index (χ0v) is 13.3. The van der Waals surface area contributed by atoms with Crippen LogP contribution in [0.5, 0.6) is 0 Å². The molecule has 120 valence electrons. The summed E-state index contributed by atoms with van der Waals surface area (Å²) in [5, 5.41) is 0. The second kappa shape index (κ2) is 9.42. The zero-order chi connectivity index (χ0) is 15.7. The van der Waals surface area contributed by atoms with E-state index in [0.717, 1.165) is 12.8 Å². The number of esters is 2. The first kappa shape index (κ1) is 17.5. The van der Waals surface area contributed by atoms with Crippen molar-refractivity contribution in [2.24, 2.45) is 0 Å². The van der Waals surface area contributed by atoms with Gasteiger partial charge in [-0.3, -0.25) is 0 Å². The fraction of sp³-hybridized carbons (Fsp3) is 0.750. The van der Waals surface area contributed by atoms with E-state index >= 15 is 0 Å².